The van der Waals surface area contributed by atoms with Crippen LogP contribution in [0.15, 0.2) is 47.3 Å². The average molecular weight is 352 g/mol. The number of benzene rings is 2. The van der Waals surface area contributed by atoms with Gasteiger partial charge in [0.25, 0.3) is 5.91 Å². The minimum Gasteiger partial charge on any atom is -0.479 e. The van der Waals surface area contributed by atoms with Crippen LogP contribution in [-0.4, -0.2) is 34.4 Å². The number of ether oxygens (including phenoxy) is 1. The first-order valence-electron chi connectivity index (χ1n) is 8.10. The standard InChI is InChI=1S/C18H16N4O4/c1-10-17(24)22(14-4-2-3-5-15(14)26-10)9-16(23)19-11-6-7-12-13(8-11)21-18(25)20-12/h2-8,10H,9H2,1H3,(H,19,23)(H2,20,21,25). The number of aromatic nitrogens is 2. The number of carbonyl (C=O) groups excluding carboxylic acids is 2. The van der Waals surface area contributed by atoms with E-state index in [1.807, 2.05) is 6.07 Å². The van der Waals surface area contributed by atoms with Crippen LogP contribution in [0.3, 0.4) is 0 Å². The first-order valence-corrected chi connectivity index (χ1v) is 8.10. The van der Waals surface area contributed by atoms with Gasteiger partial charge in [0.15, 0.2) is 6.10 Å². The molecule has 0 aliphatic carbocycles. The summed E-state index contributed by atoms with van der Waals surface area (Å²) in [5.41, 5.74) is 2.03. The van der Waals surface area contributed by atoms with Crippen LogP contribution in [0.2, 0.25) is 0 Å². The van der Waals surface area contributed by atoms with Gasteiger partial charge in [-0.2, -0.15) is 0 Å². The highest BCUT2D eigenvalue weighted by Gasteiger charge is 2.32. The highest BCUT2D eigenvalue weighted by atomic mass is 16.5. The number of imidazole rings is 1. The number of nitrogens with zero attached hydrogens (tertiary/aromatic N) is 1. The summed E-state index contributed by atoms with van der Waals surface area (Å²) in [6.45, 7) is 1.52. The van der Waals surface area contributed by atoms with Crippen molar-refractivity contribution in [1.82, 2.24) is 9.97 Å². The van der Waals surface area contributed by atoms with Crippen molar-refractivity contribution >= 4 is 34.2 Å². The van der Waals surface area contributed by atoms with Crippen molar-refractivity contribution in [2.24, 2.45) is 0 Å². The lowest BCUT2D eigenvalue weighted by atomic mass is 10.2. The molecule has 2 amide bonds. The molecule has 4 rings (SSSR count). The maximum Gasteiger partial charge on any atom is 0.323 e. The number of nitrogens with one attached hydrogen (secondary N) is 3. The molecule has 1 aliphatic heterocycles. The molecule has 0 saturated carbocycles. The first-order chi connectivity index (χ1) is 12.5. The van der Waals surface area contributed by atoms with Gasteiger partial charge in [0, 0.05) is 5.69 Å². The second-order valence-electron chi connectivity index (χ2n) is 6.04. The highest BCUT2D eigenvalue weighted by molar-refractivity contribution is 6.06. The molecule has 0 fully saturated rings. The Hall–Kier alpha value is -3.55. The second kappa shape index (κ2) is 6.07. The number of carbonyl (C=O) groups is 2. The topological polar surface area (TPSA) is 107 Å². The number of aromatic amines is 2. The van der Waals surface area contributed by atoms with Gasteiger partial charge in [-0.05, 0) is 37.3 Å². The van der Waals surface area contributed by atoms with Crippen LogP contribution in [0, 0.1) is 0 Å². The van der Waals surface area contributed by atoms with E-state index in [1.165, 1.54) is 4.90 Å². The van der Waals surface area contributed by atoms with Crippen molar-refractivity contribution in [1.29, 1.82) is 0 Å². The zero-order valence-corrected chi connectivity index (χ0v) is 13.9. The van der Waals surface area contributed by atoms with Crippen molar-refractivity contribution in [3.63, 3.8) is 0 Å². The number of H-pyrrole nitrogens is 2. The van der Waals surface area contributed by atoms with Gasteiger partial charge in [0.2, 0.25) is 5.91 Å². The number of para-hydroxylation sites is 2. The normalized spacial score (nSPS) is 16.3. The predicted molar refractivity (Wildman–Crippen MR) is 96.4 cm³/mol. The van der Waals surface area contributed by atoms with Crippen LogP contribution in [0.25, 0.3) is 11.0 Å². The summed E-state index contributed by atoms with van der Waals surface area (Å²) in [4.78, 5) is 42.9. The molecule has 3 N–H and O–H groups in total. The van der Waals surface area contributed by atoms with Crippen molar-refractivity contribution < 1.29 is 14.3 Å². The van der Waals surface area contributed by atoms with Gasteiger partial charge in [-0.1, -0.05) is 12.1 Å². The number of fused-ring (bicyclic) bond motifs is 2. The minimum atomic E-state index is -0.654. The van der Waals surface area contributed by atoms with E-state index in [2.05, 4.69) is 15.3 Å². The molecule has 132 valence electrons. The molecule has 1 aromatic heterocycles. The van der Waals surface area contributed by atoms with Crippen molar-refractivity contribution in [2.75, 3.05) is 16.8 Å². The second-order valence-corrected chi connectivity index (χ2v) is 6.04. The highest BCUT2D eigenvalue weighted by Crippen LogP contribution is 2.33. The van der Waals surface area contributed by atoms with Crippen molar-refractivity contribution in [3.8, 4) is 5.75 Å². The molecule has 1 aliphatic rings. The molecule has 2 heterocycles. The summed E-state index contributed by atoms with van der Waals surface area (Å²) in [7, 11) is 0. The van der Waals surface area contributed by atoms with Gasteiger partial charge in [0.05, 0.1) is 16.7 Å². The van der Waals surface area contributed by atoms with E-state index in [-0.39, 0.29) is 24.0 Å². The van der Waals surface area contributed by atoms with Crippen LogP contribution < -0.4 is 20.6 Å². The number of anilines is 2. The number of hydrogen-bond donors (Lipinski definition) is 3. The van der Waals surface area contributed by atoms with E-state index in [9.17, 15) is 14.4 Å². The third-order valence-corrected chi connectivity index (χ3v) is 4.18. The SMILES string of the molecule is CC1Oc2ccccc2N(CC(=O)Nc2ccc3[nH]c(=O)[nH]c3c2)C1=O. The summed E-state index contributed by atoms with van der Waals surface area (Å²) in [6, 6.07) is 12.1. The third-order valence-electron chi connectivity index (χ3n) is 4.18. The monoisotopic (exact) mass is 352 g/mol. The molecule has 3 aromatic rings. The maximum atomic E-state index is 12.5. The Labute approximate surface area is 147 Å². The molecule has 1 unspecified atom stereocenters. The Balaban J connectivity index is 1.55. The van der Waals surface area contributed by atoms with E-state index in [0.29, 0.717) is 28.2 Å². The lowest BCUT2D eigenvalue weighted by molar-refractivity contribution is -0.127. The van der Waals surface area contributed by atoms with Crippen molar-refractivity contribution in [2.45, 2.75) is 13.0 Å². The fraction of sp³-hybridized carbons (Fsp3) is 0.167. The molecule has 8 nitrogen and oxygen atoms in total. The molecule has 0 radical (unpaired) electrons. The first kappa shape index (κ1) is 15.9. The van der Waals surface area contributed by atoms with E-state index in [0.717, 1.165) is 0 Å². The zero-order chi connectivity index (χ0) is 18.3. The van der Waals surface area contributed by atoms with Crippen LogP contribution in [0.1, 0.15) is 6.92 Å². The van der Waals surface area contributed by atoms with Gasteiger partial charge in [-0.3, -0.25) is 14.5 Å². The molecule has 0 spiro atoms. The Bertz CT molecular complexity index is 1070. The Morgan fingerprint density at radius 1 is 1.15 bits per heavy atom. The average Bonchev–Trinajstić information content (AvgIpc) is 2.98. The summed E-state index contributed by atoms with van der Waals surface area (Å²) < 4.78 is 5.56. The predicted octanol–water partition coefficient (Wildman–Crippen LogP) is 1.61. The van der Waals surface area contributed by atoms with E-state index in [1.54, 1.807) is 43.3 Å². The van der Waals surface area contributed by atoms with Gasteiger partial charge >= 0.3 is 5.69 Å². The lowest BCUT2D eigenvalue weighted by Crippen LogP contribution is -2.47. The Kier molecular flexibility index (Phi) is 3.72. The van der Waals surface area contributed by atoms with Crippen LogP contribution in [-0.2, 0) is 9.59 Å². The van der Waals surface area contributed by atoms with Crippen LogP contribution in [0.4, 0.5) is 11.4 Å². The molecular weight excluding hydrogens is 336 g/mol. The van der Waals surface area contributed by atoms with Gasteiger partial charge < -0.3 is 20.0 Å². The molecule has 0 saturated heterocycles. The Morgan fingerprint density at radius 2 is 1.92 bits per heavy atom. The summed E-state index contributed by atoms with van der Waals surface area (Å²) in [6.07, 6.45) is -0.654. The number of amides is 2. The summed E-state index contributed by atoms with van der Waals surface area (Å²) >= 11 is 0. The van der Waals surface area contributed by atoms with Crippen LogP contribution in [0.5, 0.6) is 5.75 Å². The largest absolute Gasteiger partial charge is 0.479 e. The fourth-order valence-corrected chi connectivity index (χ4v) is 2.98. The lowest BCUT2D eigenvalue weighted by Gasteiger charge is -2.32. The van der Waals surface area contributed by atoms with Crippen molar-refractivity contribution in [3.05, 3.63) is 52.9 Å². The summed E-state index contributed by atoms with van der Waals surface area (Å²) in [5.74, 6) is -0.0533. The fourth-order valence-electron chi connectivity index (χ4n) is 2.98. The molecule has 0 bridgehead atoms. The molecular formula is C18H16N4O4. The van der Waals surface area contributed by atoms with E-state index < -0.39 is 6.10 Å². The van der Waals surface area contributed by atoms with Crippen LogP contribution >= 0.6 is 0 Å². The maximum absolute atomic E-state index is 12.5. The summed E-state index contributed by atoms with van der Waals surface area (Å²) in [5, 5.41) is 2.75. The smallest absolute Gasteiger partial charge is 0.323 e. The van der Waals surface area contributed by atoms with E-state index in [4.69, 9.17) is 4.74 Å². The quantitative estimate of drug-likeness (QED) is 0.665. The van der Waals surface area contributed by atoms with Gasteiger partial charge in [-0.25, -0.2) is 4.79 Å². The minimum absolute atomic E-state index is 0.134. The van der Waals surface area contributed by atoms with E-state index >= 15 is 0 Å². The molecule has 8 heteroatoms. The molecule has 2 aromatic carbocycles. The third kappa shape index (κ3) is 2.81. The molecule has 26 heavy (non-hydrogen) atoms. The zero-order valence-electron chi connectivity index (χ0n) is 13.9. The van der Waals surface area contributed by atoms with Gasteiger partial charge in [-0.15, -0.1) is 0 Å². The number of rotatable bonds is 3. The van der Waals surface area contributed by atoms with Gasteiger partial charge in [0.1, 0.15) is 12.3 Å². The molecule has 1 atom stereocenters. The number of hydrogen-bond acceptors (Lipinski definition) is 4. The Morgan fingerprint density at radius 3 is 2.77 bits per heavy atom.